The fraction of sp³-hybridized carbons (Fsp3) is 0.444. The van der Waals surface area contributed by atoms with Crippen LogP contribution in [0.3, 0.4) is 0 Å². The quantitative estimate of drug-likeness (QED) is 0.771. The van der Waals surface area contributed by atoms with Crippen LogP contribution in [0.15, 0.2) is 29.3 Å². The molecule has 7 nitrogen and oxygen atoms in total. The molecule has 1 aromatic heterocycles. The Labute approximate surface area is 161 Å². The first-order chi connectivity index (χ1) is 13.4. The number of carbonyl (C=O) groups is 1. The van der Waals surface area contributed by atoms with E-state index in [2.05, 4.69) is 5.10 Å². The lowest BCUT2D eigenvalue weighted by Gasteiger charge is -2.34. The second kappa shape index (κ2) is 7.25. The number of halogens is 2. The van der Waals surface area contributed by atoms with Crippen molar-refractivity contribution in [3.8, 4) is 0 Å². The molecule has 2 aliphatic heterocycles. The van der Waals surface area contributed by atoms with E-state index in [0.29, 0.717) is 11.6 Å². The van der Waals surface area contributed by atoms with Crippen LogP contribution in [-0.2, 0) is 23.0 Å². The molecule has 1 aromatic carbocycles. The molecule has 10 heteroatoms. The van der Waals surface area contributed by atoms with E-state index in [1.807, 2.05) is 4.68 Å². The zero-order chi connectivity index (χ0) is 19.9. The Hall–Kier alpha value is -2.33. The van der Waals surface area contributed by atoms with E-state index in [1.165, 1.54) is 0 Å². The molecule has 0 spiro atoms. The highest BCUT2D eigenvalue weighted by atomic mass is 32.2. The van der Waals surface area contributed by atoms with Gasteiger partial charge in [0, 0.05) is 38.8 Å². The first-order valence-electron chi connectivity index (χ1n) is 9.16. The van der Waals surface area contributed by atoms with Gasteiger partial charge in [0.15, 0.2) is 0 Å². The van der Waals surface area contributed by atoms with E-state index in [-0.39, 0.29) is 32.1 Å². The molecule has 0 aliphatic carbocycles. The Morgan fingerprint density at radius 3 is 2.32 bits per heavy atom. The summed E-state index contributed by atoms with van der Waals surface area (Å²) in [5.41, 5.74) is 1.50. The SMILES string of the molecule is O=C(c1cnn2c1CCCC2)N1CCN(S(=O)(=O)c2cc(F)cc(F)c2)CC1. The molecule has 0 radical (unpaired) electrons. The van der Waals surface area contributed by atoms with E-state index in [9.17, 15) is 22.0 Å². The lowest BCUT2D eigenvalue weighted by Crippen LogP contribution is -2.50. The van der Waals surface area contributed by atoms with Crippen molar-refractivity contribution >= 4 is 15.9 Å². The fourth-order valence-corrected chi connectivity index (χ4v) is 5.19. The van der Waals surface area contributed by atoms with E-state index in [0.717, 1.165) is 47.9 Å². The summed E-state index contributed by atoms with van der Waals surface area (Å²) in [5, 5.41) is 4.27. The van der Waals surface area contributed by atoms with Crippen LogP contribution in [0.25, 0.3) is 0 Å². The highest BCUT2D eigenvalue weighted by Gasteiger charge is 2.32. The number of hydrogen-bond donors (Lipinski definition) is 0. The minimum Gasteiger partial charge on any atom is -0.336 e. The first kappa shape index (κ1) is 19.0. The molecule has 3 heterocycles. The van der Waals surface area contributed by atoms with Gasteiger partial charge in [0.2, 0.25) is 10.0 Å². The molecule has 2 aromatic rings. The van der Waals surface area contributed by atoms with Crippen molar-refractivity contribution in [3.05, 3.63) is 47.3 Å². The molecule has 1 amide bonds. The third kappa shape index (κ3) is 3.42. The van der Waals surface area contributed by atoms with Crippen molar-refractivity contribution in [2.75, 3.05) is 26.2 Å². The Bertz CT molecular complexity index is 994. The predicted octanol–water partition coefficient (Wildman–Crippen LogP) is 1.64. The third-order valence-corrected chi connectivity index (χ3v) is 7.09. The number of fused-ring (bicyclic) bond motifs is 1. The van der Waals surface area contributed by atoms with Gasteiger partial charge in [-0.15, -0.1) is 0 Å². The molecule has 4 rings (SSSR count). The maximum atomic E-state index is 13.4. The topological polar surface area (TPSA) is 75.5 Å². The van der Waals surface area contributed by atoms with Gasteiger partial charge in [-0.2, -0.15) is 9.40 Å². The van der Waals surface area contributed by atoms with Gasteiger partial charge in [0.05, 0.1) is 22.3 Å². The molecule has 0 bridgehead atoms. The number of aromatic nitrogens is 2. The molecular weight excluding hydrogens is 390 g/mol. The summed E-state index contributed by atoms with van der Waals surface area (Å²) in [7, 11) is -4.03. The first-order valence-corrected chi connectivity index (χ1v) is 10.6. The molecule has 1 saturated heterocycles. The average molecular weight is 410 g/mol. The molecule has 0 N–H and O–H groups in total. The van der Waals surface area contributed by atoms with Gasteiger partial charge in [-0.1, -0.05) is 0 Å². The van der Waals surface area contributed by atoms with Crippen LogP contribution in [0.4, 0.5) is 8.78 Å². The van der Waals surface area contributed by atoms with E-state index >= 15 is 0 Å². The minimum absolute atomic E-state index is 0.0652. The van der Waals surface area contributed by atoms with Crippen LogP contribution in [0.1, 0.15) is 28.9 Å². The van der Waals surface area contributed by atoms with E-state index in [1.54, 1.807) is 11.1 Å². The van der Waals surface area contributed by atoms with Gasteiger partial charge in [-0.3, -0.25) is 9.48 Å². The van der Waals surface area contributed by atoms with Gasteiger partial charge in [-0.25, -0.2) is 17.2 Å². The third-order valence-electron chi connectivity index (χ3n) is 5.21. The zero-order valence-corrected chi connectivity index (χ0v) is 16.0. The van der Waals surface area contributed by atoms with Gasteiger partial charge in [-0.05, 0) is 31.4 Å². The number of piperazine rings is 1. The number of nitrogens with zero attached hydrogens (tertiary/aromatic N) is 4. The molecular formula is C18H20F2N4O3S. The second-order valence-electron chi connectivity index (χ2n) is 6.99. The fourth-order valence-electron chi connectivity index (χ4n) is 3.73. The lowest BCUT2D eigenvalue weighted by atomic mass is 10.1. The molecule has 0 atom stereocenters. The van der Waals surface area contributed by atoms with Gasteiger partial charge in [0.1, 0.15) is 11.6 Å². The van der Waals surface area contributed by atoms with Crippen molar-refractivity contribution in [1.82, 2.24) is 19.0 Å². The van der Waals surface area contributed by atoms with Crippen LogP contribution in [0.2, 0.25) is 0 Å². The molecule has 28 heavy (non-hydrogen) atoms. The number of hydrogen-bond acceptors (Lipinski definition) is 4. The van der Waals surface area contributed by atoms with Gasteiger partial charge in [0.25, 0.3) is 5.91 Å². The normalized spacial score (nSPS) is 18.1. The molecule has 2 aliphatic rings. The zero-order valence-electron chi connectivity index (χ0n) is 15.1. The summed E-state index contributed by atoms with van der Waals surface area (Å²) in [4.78, 5) is 14.0. The standard InChI is InChI=1S/C18H20F2N4O3S/c19-13-9-14(20)11-15(10-13)28(26,27)23-7-5-22(6-8-23)18(25)16-12-21-24-4-2-1-3-17(16)24/h9-12H,1-8H2. The molecule has 0 unspecified atom stereocenters. The highest BCUT2D eigenvalue weighted by Crippen LogP contribution is 2.23. The van der Waals surface area contributed by atoms with Crippen molar-refractivity contribution in [2.45, 2.75) is 30.7 Å². The predicted molar refractivity (Wildman–Crippen MR) is 96.2 cm³/mol. The van der Waals surface area contributed by atoms with Gasteiger partial charge >= 0.3 is 0 Å². The molecule has 150 valence electrons. The van der Waals surface area contributed by atoms with Crippen LogP contribution < -0.4 is 0 Å². The maximum Gasteiger partial charge on any atom is 0.257 e. The highest BCUT2D eigenvalue weighted by molar-refractivity contribution is 7.89. The largest absolute Gasteiger partial charge is 0.336 e. The van der Waals surface area contributed by atoms with Gasteiger partial charge < -0.3 is 4.90 Å². The van der Waals surface area contributed by atoms with Crippen molar-refractivity contribution < 1.29 is 22.0 Å². The number of amides is 1. The van der Waals surface area contributed by atoms with Crippen LogP contribution in [0.5, 0.6) is 0 Å². The van der Waals surface area contributed by atoms with Crippen LogP contribution in [-0.4, -0.2) is 59.5 Å². The Morgan fingerprint density at radius 2 is 1.64 bits per heavy atom. The number of rotatable bonds is 3. The van der Waals surface area contributed by atoms with E-state index < -0.39 is 26.6 Å². The van der Waals surface area contributed by atoms with Crippen molar-refractivity contribution in [3.63, 3.8) is 0 Å². The summed E-state index contributed by atoms with van der Waals surface area (Å²) >= 11 is 0. The number of aryl methyl sites for hydroxylation is 1. The summed E-state index contributed by atoms with van der Waals surface area (Å²) in [6.45, 7) is 1.35. The molecule has 0 saturated carbocycles. The summed E-state index contributed by atoms with van der Waals surface area (Å²) < 4.78 is 55.1. The monoisotopic (exact) mass is 410 g/mol. The number of benzene rings is 1. The molecule has 1 fully saturated rings. The smallest absolute Gasteiger partial charge is 0.257 e. The summed E-state index contributed by atoms with van der Waals surface area (Å²) in [6, 6.07) is 2.23. The summed E-state index contributed by atoms with van der Waals surface area (Å²) in [6.07, 6.45) is 4.45. The number of carbonyl (C=O) groups excluding carboxylic acids is 1. The minimum atomic E-state index is -4.03. The van der Waals surface area contributed by atoms with E-state index in [4.69, 9.17) is 0 Å². The Kier molecular flexibility index (Phi) is 4.92. The average Bonchev–Trinajstić information content (AvgIpc) is 3.11. The maximum absolute atomic E-state index is 13.4. The number of sulfonamides is 1. The van der Waals surface area contributed by atoms with Crippen molar-refractivity contribution in [1.29, 1.82) is 0 Å². The Balaban J connectivity index is 1.47. The van der Waals surface area contributed by atoms with Crippen LogP contribution >= 0.6 is 0 Å². The lowest BCUT2D eigenvalue weighted by molar-refractivity contribution is 0.0696. The Morgan fingerprint density at radius 1 is 0.964 bits per heavy atom. The second-order valence-corrected chi connectivity index (χ2v) is 8.92. The summed E-state index contributed by atoms with van der Waals surface area (Å²) in [5.74, 6) is -2.05. The van der Waals surface area contributed by atoms with Crippen molar-refractivity contribution in [2.24, 2.45) is 0 Å². The van der Waals surface area contributed by atoms with Crippen LogP contribution in [0, 0.1) is 11.6 Å².